The maximum Gasteiger partial charge on any atom is 0.0688 e. The maximum atomic E-state index is 4.85. The topological polar surface area (TPSA) is 29.9 Å². The molecule has 3 heteroatoms. The molecule has 4 rings (SSSR count). The average Bonchev–Trinajstić information content (AvgIpc) is 2.98. The van der Waals surface area contributed by atoms with Crippen LogP contribution in [0.5, 0.6) is 0 Å². The zero-order valence-corrected chi connectivity index (χ0v) is 9.65. The van der Waals surface area contributed by atoms with Gasteiger partial charge in [0, 0.05) is 30.3 Å². The Kier molecular flexibility index (Phi) is 1.92. The quantitative estimate of drug-likeness (QED) is 0.782. The minimum absolute atomic E-state index is 0.615. The molecule has 1 aliphatic carbocycles. The molecule has 0 aromatic carbocycles. The molecule has 2 bridgehead atoms. The summed E-state index contributed by atoms with van der Waals surface area (Å²) in [5.41, 5.74) is 2.89. The van der Waals surface area contributed by atoms with Crippen LogP contribution < -0.4 is 5.32 Å². The molecular weight excluding hydrogens is 198 g/mol. The Morgan fingerprint density at radius 3 is 2.94 bits per heavy atom. The summed E-state index contributed by atoms with van der Waals surface area (Å²) in [7, 11) is 0. The molecule has 3 heterocycles. The molecule has 1 saturated heterocycles. The summed E-state index contributed by atoms with van der Waals surface area (Å²) in [6.07, 6.45) is 11.6. The van der Waals surface area contributed by atoms with E-state index in [4.69, 9.17) is 5.10 Å². The van der Waals surface area contributed by atoms with E-state index in [2.05, 4.69) is 16.2 Å². The van der Waals surface area contributed by atoms with E-state index in [0.717, 1.165) is 6.42 Å². The summed E-state index contributed by atoms with van der Waals surface area (Å²) in [5.74, 6) is 0. The number of nitrogens with one attached hydrogen (secondary N) is 1. The Hall–Kier alpha value is -0.830. The third-order valence-electron chi connectivity index (χ3n) is 4.60. The molecule has 16 heavy (non-hydrogen) atoms. The minimum Gasteiger partial charge on any atom is -0.307 e. The van der Waals surface area contributed by atoms with Crippen LogP contribution >= 0.6 is 0 Å². The Bertz CT molecular complexity index is 403. The van der Waals surface area contributed by atoms with Gasteiger partial charge in [0.15, 0.2) is 0 Å². The van der Waals surface area contributed by atoms with Crippen molar-refractivity contribution >= 4 is 0 Å². The van der Waals surface area contributed by atoms with Crippen LogP contribution in [0.2, 0.25) is 0 Å². The number of hydrogen-bond donors (Lipinski definition) is 1. The third kappa shape index (κ3) is 1.27. The van der Waals surface area contributed by atoms with Crippen molar-refractivity contribution in [2.24, 2.45) is 0 Å². The van der Waals surface area contributed by atoms with E-state index in [0.29, 0.717) is 18.1 Å². The SMILES string of the molecule is c1c2c(nn1C1CCCC1)C[C@H]1CC[C@@H]2N1. The monoisotopic (exact) mass is 217 g/mol. The highest BCUT2D eigenvalue weighted by Crippen LogP contribution is 2.37. The van der Waals surface area contributed by atoms with Crippen molar-refractivity contribution in [3.8, 4) is 0 Å². The van der Waals surface area contributed by atoms with Gasteiger partial charge in [-0.25, -0.2) is 0 Å². The lowest BCUT2D eigenvalue weighted by atomic mass is 10.0. The van der Waals surface area contributed by atoms with E-state index in [9.17, 15) is 0 Å². The standard InChI is InChI=1S/C13H19N3/c1-2-4-10(3-1)16-8-11-12-6-5-9(14-12)7-13(11)15-16/h8-10,12,14H,1-7H2/t9-,12+/m1/s1. The molecule has 2 aliphatic heterocycles. The Morgan fingerprint density at radius 1 is 1.19 bits per heavy atom. The smallest absolute Gasteiger partial charge is 0.0688 e. The minimum atomic E-state index is 0.615. The number of aromatic nitrogens is 2. The van der Waals surface area contributed by atoms with Gasteiger partial charge in [-0.05, 0) is 25.7 Å². The van der Waals surface area contributed by atoms with Crippen LogP contribution in [0.25, 0.3) is 0 Å². The number of nitrogens with zero attached hydrogens (tertiary/aromatic N) is 2. The number of hydrogen-bond acceptors (Lipinski definition) is 2. The lowest BCUT2D eigenvalue weighted by Gasteiger charge is -2.19. The Balaban J connectivity index is 1.69. The second-order valence-electron chi connectivity index (χ2n) is 5.65. The molecule has 3 aliphatic rings. The Morgan fingerprint density at radius 2 is 2.06 bits per heavy atom. The van der Waals surface area contributed by atoms with Gasteiger partial charge in [-0.2, -0.15) is 5.10 Å². The van der Waals surface area contributed by atoms with Crippen molar-refractivity contribution in [3.63, 3.8) is 0 Å². The molecule has 2 atom stereocenters. The summed E-state index contributed by atoms with van der Waals surface area (Å²) < 4.78 is 2.28. The van der Waals surface area contributed by atoms with Crippen molar-refractivity contribution in [1.29, 1.82) is 0 Å². The molecule has 0 amide bonds. The van der Waals surface area contributed by atoms with Crippen molar-refractivity contribution in [2.75, 3.05) is 0 Å². The fourth-order valence-electron chi connectivity index (χ4n) is 3.71. The molecule has 86 valence electrons. The van der Waals surface area contributed by atoms with Crippen LogP contribution in [-0.2, 0) is 6.42 Å². The van der Waals surface area contributed by atoms with Crippen LogP contribution in [0.1, 0.15) is 61.9 Å². The second kappa shape index (κ2) is 3.33. The van der Waals surface area contributed by atoms with Gasteiger partial charge in [0.25, 0.3) is 0 Å². The summed E-state index contributed by atoms with van der Waals surface area (Å²) in [6.45, 7) is 0. The van der Waals surface area contributed by atoms with Gasteiger partial charge in [-0.3, -0.25) is 4.68 Å². The molecule has 0 unspecified atom stereocenters. The van der Waals surface area contributed by atoms with Gasteiger partial charge in [-0.15, -0.1) is 0 Å². The van der Waals surface area contributed by atoms with Crippen LogP contribution in [0.3, 0.4) is 0 Å². The van der Waals surface area contributed by atoms with Crippen LogP contribution in [-0.4, -0.2) is 15.8 Å². The predicted molar refractivity (Wildman–Crippen MR) is 62.3 cm³/mol. The first kappa shape index (κ1) is 9.23. The third-order valence-corrected chi connectivity index (χ3v) is 4.60. The molecule has 2 fully saturated rings. The van der Waals surface area contributed by atoms with E-state index >= 15 is 0 Å². The Labute approximate surface area is 96.2 Å². The normalized spacial score (nSPS) is 33.2. The lowest BCUT2D eigenvalue weighted by molar-refractivity contribution is 0.459. The average molecular weight is 217 g/mol. The first-order valence-corrected chi connectivity index (χ1v) is 6.74. The van der Waals surface area contributed by atoms with E-state index in [1.807, 2.05) is 0 Å². The predicted octanol–water partition coefficient (Wildman–Crippen LogP) is 2.35. The zero-order chi connectivity index (χ0) is 10.5. The summed E-state index contributed by atoms with van der Waals surface area (Å²) >= 11 is 0. The van der Waals surface area contributed by atoms with Crippen LogP contribution in [0, 0.1) is 0 Å². The van der Waals surface area contributed by atoms with Crippen molar-refractivity contribution < 1.29 is 0 Å². The van der Waals surface area contributed by atoms with E-state index in [1.54, 1.807) is 0 Å². The van der Waals surface area contributed by atoms with Gasteiger partial charge in [0.1, 0.15) is 0 Å². The summed E-state index contributed by atoms with van der Waals surface area (Å²) in [6, 6.07) is 2.03. The van der Waals surface area contributed by atoms with Gasteiger partial charge in [0.2, 0.25) is 0 Å². The number of rotatable bonds is 1. The highest BCUT2D eigenvalue weighted by atomic mass is 15.3. The lowest BCUT2D eigenvalue weighted by Crippen LogP contribution is -2.31. The zero-order valence-electron chi connectivity index (χ0n) is 9.65. The summed E-state index contributed by atoms with van der Waals surface area (Å²) in [5, 5.41) is 8.55. The fraction of sp³-hybridized carbons (Fsp3) is 0.769. The molecule has 1 aromatic rings. The molecule has 3 nitrogen and oxygen atoms in total. The molecule has 1 saturated carbocycles. The van der Waals surface area contributed by atoms with Crippen molar-refractivity contribution in [1.82, 2.24) is 15.1 Å². The number of fused-ring (bicyclic) bond motifs is 4. The van der Waals surface area contributed by atoms with Gasteiger partial charge in [0.05, 0.1) is 11.7 Å². The van der Waals surface area contributed by atoms with Gasteiger partial charge in [-0.1, -0.05) is 12.8 Å². The molecule has 0 radical (unpaired) electrons. The molecule has 0 spiro atoms. The van der Waals surface area contributed by atoms with Gasteiger partial charge >= 0.3 is 0 Å². The summed E-state index contributed by atoms with van der Waals surface area (Å²) in [4.78, 5) is 0. The van der Waals surface area contributed by atoms with Crippen LogP contribution in [0.4, 0.5) is 0 Å². The van der Waals surface area contributed by atoms with E-state index in [1.165, 1.54) is 49.8 Å². The molecule has 1 N–H and O–H groups in total. The first-order chi connectivity index (χ1) is 7.90. The first-order valence-electron chi connectivity index (χ1n) is 6.74. The molecule has 1 aromatic heterocycles. The van der Waals surface area contributed by atoms with Crippen molar-refractivity contribution in [2.45, 2.75) is 63.1 Å². The van der Waals surface area contributed by atoms with Gasteiger partial charge < -0.3 is 5.32 Å². The maximum absolute atomic E-state index is 4.85. The highest BCUT2D eigenvalue weighted by molar-refractivity contribution is 5.28. The van der Waals surface area contributed by atoms with Crippen molar-refractivity contribution in [3.05, 3.63) is 17.5 Å². The largest absolute Gasteiger partial charge is 0.307 e. The highest BCUT2D eigenvalue weighted by Gasteiger charge is 2.34. The second-order valence-corrected chi connectivity index (χ2v) is 5.65. The molecular formula is C13H19N3. The van der Waals surface area contributed by atoms with Crippen LogP contribution in [0.15, 0.2) is 6.20 Å². The fourth-order valence-corrected chi connectivity index (χ4v) is 3.71. The van der Waals surface area contributed by atoms with E-state index in [-0.39, 0.29) is 0 Å². The van der Waals surface area contributed by atoms with E-state index < -0.39 is 0 Å².